The third-order valence-corrected chi connectivity index (χ3v) is 3.96. The highest BCUT2D eigenvalue weighted by Crippen LogP contribution is 2.31. The maximum atomic E-state index is 4.34. The van der Waals surface area contributed by atoms with Crippen LogP contribution in [0.25, 0.3) is 5.78 Å². The van der Waals surface area contributed by atoms with Crippen LogP contribution in [0.3, 0.4) is 0 Å². The Morgan fingerprint density at radius 3 is 3.11 bits per heavy atom. The summed E-state index contributed by atoms with van der Waals surface area (Å²) in [5.41, 5.74) is 0.970. The van der Waals surface area contributed by atoms with Crippen LogP contribution >= 0.6 is 0 Å². The first-order chi connectivity index (χ1) is 8.74. The summed E-state index contributed by atoms with van der Waals surface area (Å²) in [6.07, 6.45) is 5.60. The molecule has 2 atom stereocenters. The molecule has 0 amide bonds. The maximum absolute atomic E-state index is 4.34. The summed E-state index contributed by atoms with van der Waals surface area (Å²) in [6.45, 7) is 5.35. The van der Waals surface area contributed by atoms with Crippen LogP contribution in [0.4, 0.5) is 5.82 Å². The fourth-order valence-corrected chi connectivity index (χ4v) is 2.82. The molecular formula is C13H19N5. The number of nitrogens with one attached hydrogen (secondary N) is 1. The molecule has 18 heavy (non-hydrogen) atoms. The number of nitrogens with zero attached hydrogens (tertiary/aromatic N) is 4. The second-order valence-corrected chi connectivity index (χ2v) is 5.30. The van der Waals surface area contributed by atoms with E-state index in [1.165, 1.54) is 19.3 Å². The van der Waals surface area contributed by atoms with Gasteiger partial charge in [0.1, 0.15) is 12.1 Å². The molecule has 1 aliphatic rings. The van der Waals surface area contributed by atoms with Gasteiger partial charge in [0.25, 0.3) is 5.78 Å². The van der Waals surface area contributed by atoms with Crippen molar-refractivity contribution < 1.29 is 0 Å². The van der Waals surface area contributed by atoms with Crippen molar-refractivity contribution in [1.82, 2.24) is 19.6 Å². The molecule has 0 aliphatic heterocycles. The fraction of sp³-hybridized carbons (Fsp3) is 0.615. The number of aromatic nitrogens is 4. The van der Waals surface area contributed by atoms with Crippen molar-refractivity contribution in [2.45, 2.75) is 33.1 Å². The fourth-order valence-electron chi connectivity index (χ4n) is 2.82. The first kappa shape index (κ1) is 11.4. The van der Waals surface area contributed by atoms with E-state index in [2.05, 4.69) is 27.3 Å². The first-order valence-electron chi connectivity index (χ1n) is 6.65. The molecule has 1 aliphatic carbocycles. The molecule has 0 saturated heterocycles. The molecule has 0 aromatic carbocycles. The van der Waals surface area contributed by atoms with Crippen LogP contribution < -0.4 is 5.32 Å². The van der Waals surface area contributed by atoms with E-state index in [9.17, 15) is 0 Å². The van der Waals surface area contributed by atoms with E-state index in [1.54, 1.807) is 10.8 Å². The molecule has 1 fully saturated rings. The van der Waals surface area contributed by atoms with Gasteiger partial charge < -0.3 is 5.32 Å². The topological polar surface area (TPSA) is 55.1 Å². The van der Waals surface area contributed by atoms with E-state index in [1.807, 2.05) is 13.0 Å². The molecule has 0 spiro atoms. The SMILES string of the molecule is Cc1cc(NCC2CCCC2C)n2ncnc2n1. The summed E-state index contributed by atoms with van der Waals surface area (Å²) in [7, 11) is 0. The summed E-state index contributed by atoms with van der Waals surface area (Å²) in [5.74, 6) is 3.26. The number of hydrogen-bond acceptors (Lipinski definition) is 4. The van der Waals surface area contributed by atoms with Gasteiger partial charge in [0.05, 0.1) is 0 Å². The summed E-state index contributed by atoms with van der Waals surface area (Å²) < 4.78 is 1.77. The highest BCUT2D eigenvalue weighted by atomic mass is 15.3. The predicted octanol–water partition coefficient (Wildman–Crippen LogP) is 2.28. The molecule has 1 saturated carbocycles. The van der Waals surface area contributed by atoms with Crippen LogP contribution in [0.1, 0.15) is 31.9 Å². The smallest absolute Gasteiger partial charge is 0.254 e. The lowest BCUT2D eigenvalue weighted by Crippen LogP contribution is -2.18. The second kappa shape index (κ2) is 4.55. The molecule has 2 aromatic heterocycles. The highest BCUT2D eigenvalue weighted by molar-refractivity contribution is 5.44. The third kappa shape index (κ3) is 2.05. The molecule has 1 N–H and O–H groups in total. The lowest BCUT2D eigenvalue weighted by Gasteiger charge is -2.17. The van der Waals surface area contributed by atoms with E-state index in [-0.39, 0.29) is 0 Å². The van der Waals surface area contributed by atoms with Crippen molar-refractivity contribution in [3.8, 4) is 0 Å². The molecule has 2 aromatic rings. The number of anilines is 1. The lowest BCUT2D eigenvalue weighted by atomic mass is 9.98. The lowest BCUT2D eigenvalue weighted by molar-refractivity contribution is 0.439. The standard InChI is InChI=1S/C13H19N5/c1-9-4-3-5-11(9)7-14-12-6-10(2)17-13-15-8-16-18(12)13/h6,8-9,11,14H,3-5,7H2,1-2H3. The van der Waals surface area contributed by atoms with E-state index >= 15 is 0 Å². The maximum Gasteiger partial charge on any atom is 0.254 e. The molecule has 3 rings (SSSR count). The van der Waals surface area contributed by atoms with Crippen molar-refractivity contribution in [1.29, 1.82) is 0 Å². The van der Waals surface area contributed by atoms with E-state index in [0.29, 0.717) is 5.78 Å². The monoisotopic (exact) mass is 245 g/mol. The Morgan fingerprint density at radius 1 is 1.44 bits per heavy atom. The zero-order chi connectivity index (χ0) is 12.5. The second-order valence-electron chi connectivity index (χ2n) is 5.30. The number of hydrogen-bond donors (Lipinski definition) is 1. The van der Waals surface area contributed by atoms with Gasteiger partial charge >= 0.3 is 0 Å². The van der Waals surface area contributed by atoms with Crippen molar-refractivity contribution >= 4 is 11.6 Å². The summed E-state index contributed by atoms with van der Waals surface area (Å²) in [6, 6.07) is 2.03. The highest BCUT2D eigenvalue weighted by Gasteiger charge is 2.23. The minimum absolute atomic E-state index is 0.664. The molecule has 96 valence electrons. The van der Waals surface area contributed by atoms with Gasteiger partial charge in [-0.2, -0.15) is 14.6 Å². The van der Waals surface area contributed by atoms with Gasteiger partial charge in [-0.05, 0) is 25.2 Å². The van der Waals surface area contributed by atoms with Crippen LogP contribution in [-0.2, 0) is 0 Å². The van der Waals surface area contributed by atoms with E-state index in [0.717, 1.165) is 29.9 Å². The van der Waals surface area contributed by atoms with Crippen LogP contribution in [0.2, 0.25) is 0 Å². The van der Waals surface area contributed by atoms with Gasteiger partial charge in [0, 0.05) is 18.3 Å². The molecule has 5 heteroatoms. The number of rotatable bonds is 3. The zero-order valence-corrected chi connectivity index (χ0v) is 10.9. The normalized spacial score (nSPS) is 23.7. The minimum Gasteiger partial charge on any atom is -0.370 e. The third-order valence-electron chi connectivity index (χ3n) is 3.96. The Bertz CT molecular complexity index is 547. The number of aryl methyl sites for hydroxylation is 1. The van der Waals surface area contributed by atoms with Crippen molar-refractivity contribution in [2.24, 2.45) is 11.8 Å². The van der Waals surface area contributed by atoms with Crippen molar-refractivity contribution in [3.63, 3.8) is 0 Å². The Morgan fingerprint density at radius 2 is 2.33 bits per heavy atom. The largest absolute Gasteiger partial charge is 0.370 e. The van der Waals surface area contributed by atoms with Gasteiger partial charge in [0.15, 0.2) is 0 Å². The molecule has 2 heterocycles. The molecule has 5 nitrogen and oxygen atoms in total. The summed E-state index contributed by atoms with van der Waals surface area (Å²) in [5, 5.41) is 7.71. The quantitative estimate of drug-likeness (QED) is 0.901. The van der Waals surface area contributed by atoms with Gasteiger partial charge in [0.2, 0.25) is 0 Å². The zero-order valence-electron chi connectivity index (χ0n) is 10.9. The van der Waals surface area contributed by atoms with Crippen molar-refractivity contribution in [3.05, 3.63) is 18.1 Å². The molecular weight excluding hydrogens is 226 g/mol. The minimum atomic E-state index is 0.664. The Balaban J connectivity index is 1.79. The summed E-state index contributed by atoms with van der Waals surface area (Å²) in [4.78, 5) is 8.48. The van der Waals surface area contributed by atoms with Gasteiger partial charge in [-0.1, -0.05) is 19.8 Å². The van der Waals surface area contributed by atoms with Crippen LogP contribution in [-0.4, -0.2) is 26.1 Å². The van der Waals surface area contributed by atoms with Crippen LogP contribution in [0.15, 0.2) is 12.4 Å². The van der Waals surface area contributed by atoms with E-state index in [4.69, 9.17) is 0 Å². The van der Waals surface area contributed by atoms with E-state index < -0.39 is 0 Å². The summed E-state index contributed by atoms with van der Waals surface area (Å²) >= 11 is 0. The van der Waals surface area contributed by atoms with Crippen LogP contribution in [0.5, 0.6) is 0 Å². The predicted molar refractivity (Wildman–Crippen MR) is 70.5 cm³/mol. The average Bonchev–Trinajstić information content (AvgIpc) is 2.94. The van der Waals surface area contributed by atoms with Gasteiger partial charge in [-0.3, -0.25) is 0 Å². The Labute approximate surface area is 107 Å². The molecule has 2 unspecified atom stereocenters. The molecule has 0 radical (unpaired) electrons. The van der Waals surface area contributed by atoms with Crippen molar-refractivity contribution in [2.75, 3.05) is 11.9 Å². The van der Waals surface area contributed by atoms with Crippen LogP contribution in [0, 0.1) is 18.8 Å². The first-order valence-corrected chi connectivity index (χ1v) is 6.65. The number of fused-ring (bicyclic) bond motifs is 1. The Hall–Kier alpha value is -1.65. The Kier molecular flexibility index (Phi) is 2.89. The average molecular weight is 245 g/mol. The van der Waals surface area contributed by atoms with Gasteiger partial charge in [-0.15, -0.1) is 0 Å². The van der Waals surface area contributed by atoms with Gasteiger partial charge in [-0.25, -0.2) is 4.98 Å². The molecule has 0 bridgehead atoms.